The normalized spacial score (nSPS) is 11.5. The zero-order chi connectivity index (χ0) is 15.1. The van der Waals surface area contributed by atoms with Crippen molar-refractivity contribution < 1.29 is 4.39 Å². The number of benzene rings is 1. The second-order valence-corrected chi connectivity index (χ2v) is 7.42. The van der Waals surface area contributed by atoms with E-state index in [9.17, 15) is 4.39 Å². The van der Waals surface area contributed by atoms with E-state index in [0.29, 0.717) is 16.9 Å². The number of alkyl halides is 1. The monoisotopic (exact) mass is 386 g/mol. The standard InChI is InChI=1S/C15H13BrClFN2S/c1-8-3-10(21-9(8)2)7-20-14-5-12(18)11(16)4-13(14)19-15(20)6-17/h3-5H,6-7H2,1-2H3. The third-order valence-corrected chi connectivity index (χ3v) is 5.50. The van der Waals surface area contributed by atoms with Gasteiger partial charge in [-0.3, -0.25) is 0 Å². The largest absolute Gasteiger partial charge is 0.322 e. The van der Waals surface area contributed by atoms with E-state index >= 15 is 0 Å². The van der Waals surface area contributed by atoms with Crippen LogP contribution in [0.1, 0.15) is 21.1 Å². The minimum absolute atomic E-state index is 0.289. The molecule has 0 radical (unpaired) electrons. The zero-order valence-corrected chi connectivity index (χ0v) is 14.7. The number of aromatic nitrogens is 2. The fraction of sp³-hybridized carbons (Fsp3) is 0.267. The maximum atomic E-state index is 13.8. The molecule has 110 valence electrons. The number of imidazole rings is 1. The van der Waals surface area contributed by atoms with E-state index in [-0.39, 0.29) is 5.82 Å². The van der Waals surface area contributed by atoms with E-state index in [1.54, 1.807) is 17.4 Å². The van der Waals surface area contributed by atoms with Crippen LogP contribution in [0.5, 0.6) is 0 Å². The number of thiophene rings is 1. The number of halogens is 3. The average molecular weight is 388 g/mol. The number of rotatable bonds is 3. The molecule has 21 heavy (non-hydrogen) atoms. The molecule has 0 fully saturated rings. The fourth-order valence-electron chi connectivity index (χ4n) is 2.33. The SMILES string of the molecule is Cc1cc(Cn2c(CCl)nc3cc(Br)c(F)cc32)sc1C. The molecule has 0 saturated carbocycles. The summed E-state index contributed by atoms with van der Waals surface area (Å²) in [5.74, 6) is 0.772. The van der Waals surface area contributed by atoms with Crippen molar-refractivity contribution in [3.05, 3.63) is 49.6 Å². The summed E-state index contributed by atoms with van der Waals surface area (Å²) < 4.78 is 16.2. The molecule has 1 aromatic carbocycles. The first-order valence-electron chi connectivity index (χ1n) is 6.45. The Hall–Kier alpha value is -0.910. The molecule has 0 aliphatic rings. The third kappa shape index (κ3) is 2.74. The van der Waals surface area contributed by atoms with Crippen LogP contribution >= 0.6 is 38.9 Å². The number of hydrogen-bond donors (Lipinski definition) is 0. The average Bonchev–Trinajstić information content (AvgIpc) is 2.92. The summed E-state index contributed by atoms with van der Waals surface area (Å²) in [6.45, 7) is 4.87. The van der Waals surface area contributed by atoms with Crippen LogP contribution in [-0.2, 0) is 12.4 Å². The molecule has 6 heteroatoms. The van der Waals surface area contributed by atoms with Gasteiger partial charge in [0.1, 0.15) is 11.6 Å². The highest BCUT2D eigenvalue weighted by Gasteiger charge is 2.14. The lowest BCUT2D eigenvalue weighted by molar-refractivity contribution is 0.621. The summed E-state index contributed by atoms with van der Waals surface area (Å²) in [7, 11) is 0. The molecule has 0 aliphatic heterocycles. The molecule has 0 saturated heterocycles. The minimum atomic E-state index is -0.289. The molecule has 0 aliphatic carbocycles. The van der Waals surface area contributed by atoms with Crippen LogP contribution in [0.2, 0.25) is 0 Å². The first-order valence-corrected chi connectivity index (χ1v) is 8.60. The zero-order valence-electron chi connectivity index (χ0n) is 11.6. The van der Waals surface area contributed by atoms with E-state index in [4.69, 9.17) is 11.6 Å². The van der Waals surface area contributed by atoms with Gasteiger partial charge in [-0.1, -0.05) is 0 Å². The minimum Gasteiger partial charge on any atom is -0.322 e. The molecule has 0 spiro atoms. The fourth-order valence-corrected chi connectivity index (χ4v) is 3.91. The summed E-state index contributed by atoms with van der Waals surface area (Å²) in [5, 5.41) is 0. The van der Waals surface area contributed by atoms with E-state index in [2.05, 4.69) is 40.8 Å². The Morgan fingerprint density at radius 3 is 2.71 bits per heavy atom. The van der Waals surface area contributed by atoms with Crippen molar-refractivity contribution in [3.63, 3.8) is 0 Å². The topological polar surface area (TPSA) is 17.8 Å². The lowest BCUT2D eigenvalue weighted by Gasteiger charge is -2.06. The summed E-state index contributed by atoms with van der Waals surface area (Å²) >= 11 is 10.9. The highest BCUT2D eigenvalue weighted by molar-refractivity contribution is 9.10. The summed E-state index contributed by atoms with van der Waals surface area (Å²) in [5.41, 5.74) is 2.81. The first kappa shape index (κ1) is 15.0. The van der Waals surface area contributed by atoms with Gasteiger partial charge in [0.2, 0.25) is 0 Å². The molecule has 0 atom stereocenters. The Bertz CT molecular complexity index is 805. The van der Waals surface area contributed by atoms with E-state index < -0.39 is 0 Å². The molecule has 0 N–H and O–H groups in total. The molecule has 0 bridgehead atoms. The van der Waals surface area contributed by atoms with Gasteiger partial charge in [-0.2, -0.15) is 0 Å². The lowest BCUT2D eigenvalue weighted by Crippen LogP contribution is -2.02. The highest BCUT2D eigenvalue weighted by atomic mass is 79.9. The lowest BCUT2D eigenvalue weighted by atomic mass is 10.2. The number of hydrogen-bond acceptors (Lipinski definition) is 2. The van der Waals surface area contributed by atoms with Crippen LogP contribution in [0.15, 0.2) is 22.7 Å². The summed E-state index contributed by atoms with van der Waals surface area (Å²) in [6.07, 6.45) is 0. The summed E-state index contributed by atoms with van der Waals surface area (Å²) in [4.78, 5) is 7.02. The quantitative estimate of drug-likeness (QED) is 0.550. The van der Waals surface area contributed by atoms with Crippen LogP contribution in [0.4, 0.5) is 4.39 Å². The molecular weight excluding hydrogens is 375 g/mol. The summed E-state index contributed by atoms with van der Waals surface area (Å²) in [6, 6.07) is 5.37. The predicted molar refractivity (Wildman–Crippen MR) is 89.8 cm³/mol. The molecule has 0 amide bonds. The third-order valence-electron chi connectivity index (χ3n) is 3.52. The smallest absolute Gasteiger partial charge is 0.139 e. The molecule has 2 aromatic heterocycles. The molecule has 3 aromatic rings. The molecule has 3 rings (SSSR count). The van der Waals surface area contributed by atoms with Crippen molar-refractivity contribution in [2.75, 3.05) is 0 Å². The Morgan fingerprint density at radius 2 is 2.10 bits per heavy atom. The maximum absolute atomic E-state index is 13.8. The first-order chi connectivity index (χ1) is 9.99. The van der Waals surface area contributed by atoms with Crippen molar-refractivity contribution in [2.45, 2.75) is 26.3 Å². The van der Waals surface area contributed by atoms with Crippen molar-refractivity contribution in [1.82, 2.24) is 9.55 Å². The van der Waals surface area contributed by atoms with Crippen LogP contribution in [0.3, 0.4) is 0 Å². The van der Waals surface area contributed by atoms with Gasteiger partial charge in [0.15, 0.2) is 0 Å². The molecular formula is C15H13BrClFN2S. The van der Waals surface area contributed by atoms with Gasteiger partial charge >= 0.3 is 0 Å². The van der Waals surface area contributed by atoms with Crippen LogP contribution in [0.25, 0.3) is 11.0 Å². The Kier molecular flexibility index (Phi) is 4.08. The van der Waals surface area contributed by atoms with Crippen molar-refractivity contribution in [3.8, 4) is 0 Å². The number of fused-ring (bicyclic) bond motifs is 1. The van der Waals surface area contributed by atoms with Gasteiger partial charge in [-0.05, 0) is 47.5 Å². The van der Waals surface area contributed by atoms with Gasteiger partial charge < -0.3 is 4.57 Å². The van der Waals surface area contributed by atoms with Crippen molar-refractivity contribution >= 4 is 49.9 Å². The molecule has 2 nitrogen and oxygen atoms in total. The van der Waals surface area contributed by atoms with Gasteiger partial charge in [-0.25, -0.2) is 9.37 Å². The molecule has 0 unspecified atom stereocenters. The van der Waals surface area contributed by atoms with Crippen LogP contribution in [-0.4, -0.2) is 9.55 Å². The second-order valence-electron chi connectivity index (χ2n) is 4.95. The van der Waals surface area contributed by atoms with Crippen LogP contribution < -0.4 is 0 Å². The van der Waals surface area contributed by atoms with E-state index in [1.807, 2.05) is 4.57 Å². The van der Waals surface area contributed by atoms with E-state index in [0.717, 1.165) is 16.9 Å². The van der Waals surface area contributed by atoms with Crippen molar-refractivity contribution in [1.29, 1.82) is 0 Å². The van der Waals surface area contributed by atoms with Crippen LogP contribution in [0, 0.1) is 19.7 Å². The second kappa shape index (κ2) is 5.71. The number of aryl methyl sites for hydroxylation is 2. The van der Waals surface area contributed by atoms with Gasteiger partial charge in [-0.15, -0.1) is 22.9 Å². The van der Waals surface area contributed by atoms with E-state index in [1.165, 1.54) is 21.4 Å². The van der Waals surface area contributed by atoms with Gasteiger partial charge in [0, 0.05) is 15.8 Å². The maximum Gasteiger partial charge on any atom is 0.139 e. The highest BCUT2D eigenvalue weighted by Crippen LogP contribution is 2.28. The van der Waals surface area contributed by atoms with Crippen molar-refractivity contribution in [2.24, 2.45) is 0 Å². The Morgan fingerprint density at radius 1 is 1.33 bits per heavy atom. The Balaban J connectivity index is 2.13. The Labute approximate surface area is 139 Å². The van der Waals surface area contributed by atoms with Gasteiger partial charge in [0.05, 0.1) is 27.9 Å². The molecule has 2 heterocycles. The predicted octanol–water partition coefficient (Wildman–Crippen LogP) is 5.40. The number of nitrogens with zero attached hydrogens (tertiary/aromatic N) is 2. The van der Waals surface area contributed by atoms with Gasteiger partial charge in [0.25, 0.3) is 0 Å².